The van der Waals surface area contributed by atoms with Crippen LogP contribution >= 0.6 is 0 Å². The van der Waals surface area contributed by atoms with Gasteiger partial charge >= 0.3 is 11.9 Å². The summed E-state index contributed by atoms with van der Waals surface area (Å²) >= 11 is 0. The summed E-state index contributed by atoms with van der Waals surface area (Å²) in [5.41, 5.74) is 0.0351. The zero-order valence-corrected chi connectivity index (χ0v) is 13.1. The van der Waals surface area contributed by atoms with E-state index in [1.54, 1.807) is 0 Å². The van der Waals surface area contributed by atoms with Crippen LogP contribution in [0.4, 0.5) is 0 Å². The monoisotopic (exact) mass is 331 g/mol. The van der Waals surface area contributed by atoms with Crippen LogP contribution in [0.15, 0.2) is 15.6 Å². The van der Waals surface area contributed by atoms with Gasteiger partial charge in [0.15, 0.2) is 0 Å². The molecule has 0 radical (unpaired) electrons. The molecule has 0 aliphatic carbocycles. The zero-order valence-electron chi connectivity index (χ0n) is 12.2. The third-order valence-corrected chi connectivity index (χ3v) is 5.35. The molecule has 122 valence electrons. The van der Waals surface area contributed by atoms with Gasteiger partial charge in [-0.3, -0.25) is 4.79 Å². The summed E-state index contributed by atoms with van der Waals surface area (Å²) in [4.78, 5) is 22.6. The molecular formula is C13H17NO7S. The minimum atomic E-state index is -3.98. The first-order chi connectivity index (χ1) is 10.3. The quantitative estimate of drug-likeness (QED) is 0.814. The molecule has 1 aliphatic heterocycles. The lowest BCUT2D eigenvalue weighted by Crippen LogP contribution is -2.42. The Kier molecular flexibility index (Phi) is 4.57. The summed E-state index contributed by atoms with van der Waals surface area (Å²) < 4.78 is 35.8. The van der Waals surface area contributed by atoms with Crippen LogP contribution in [0.5, 0.6) is 0 Å². The van der Waals surface area contributed by atoms with Gasteiger partial charge in [0.05, 0.1) is 13.0 Å². The Morgan fingerprint density at radius 2 is 2.14 bits per heavy atom. The van der Waals surface area contributed by atoms with Crippen LogP contribution in [-0.4, -0.2) is 50.0 Å². The number of carbonyl (C=O) groups excluding carboxylic acids is 1. The molecule has 1 aromatic heterocycles. The number of nitrogens with zero attached hydrogens (tertiary/aromatic N) is 1. The number of esters is 1. The summed E-state index contributed by atoms with van der Waals surface area (Å²) in [6.07, 6.45) is 0.895. The van der Waals surface area contributed by atoms with Crippen molar-refractivity contribution in [3.63, 3.8) is 0 Å². The number of aryl methyl sites for hydroxylation is 1. The number of ether oxygens (including phenoxy) is 1. The molecule has 2 heterocycles. The minimum absolute atomic E-state index is 0.0351. The van der Waals surface area contributed by atoms with Gasteiger partial charge in [0.2, 0.25) is 5.09 Å². The number of carboxylic acid groups (broad SMARTS) is 1. The second-order valence-corrected chi connectivity index (χ2v) is 6.94. The molecule has 1 aromatic rings. The van der Waals surface area contributed by atoms with Crippen molar-refractivity contribution in [2.75, 3.05) is 20.2 Å². The Morgan fingerprint density at radius 3 is 2.73 bits per heavy atom. The fourth-order valence-electron chi connectivity index (χ4n) is 2.38. The molecule has 2 rings (SSSR count). The second-order valence-electron chi connectivity index (χ2n) is 5.07. The van der Waals surface area contributed by atoms with Gasteiger partial charge in [-0.15, -0.1) is 0 Å². The number of carbonyl (C=O) groups is 2. The Hall–Kier alpha value is -1.87. The van der Waals surface area contributed by atoms with Crippen molar-refractivity contribution >= 4 is 22.0 Å². The number of methoxy groups -OCH3 is 1. The maximum atomic E-state index is 12.5. The third-order valence-electron chi connectivity index (χ3n) is 3.63. The number of carboxylic acids is 1. The van der Waals surface area contributed by atoms with E-state index in [-0.39, 0.29) is 29.5 Å². The van der Waals surface area contributed by atoms with E-state index in [2.05, 4.69) is 4.74 Å². The minimum Gasteiger partial charge on any atom is -0.481 e. The van der Waals surface area contributed by atoms with Gasteiger partial charge in [-0.1, -0.05) is 0 Å². The number of hydrogen-bond donors (Lipinski definition) is 1. The van der Waals surface area contributed by atoms with E-state index in [0.29, 0.717) is 12.8 Å². The highest BCUT2D eigenvalue weighted by molar-refractivity contribution is 7.89. The number of sulfonamides is 1. The van der Waals surface area contributed by atoms with Gasteiger partial charge in [0.25, 0.3) is 10.0 Å². The first kappa shape index (κ1) is 16.5. The first-order valence-corrected chi connectivity index (χ1v) is 8.13. The Labute approximate surface area is 127 Å². The molecule has 9 heteroatoms. The van der Waals surface area contributed by atoms with E-state index in [1.807, 2.05) is 0 Å². The first-order valence-electron chi connectivity index (χ1n) is 6.69. The van der Waals surface area contributed by atoms with Gasteiger partial charge in [0, 0.05) is 19.2 Å². The highest BCUT2D eigenvalue weighted by Gasteiger charge is 2.36. The largest absolute Gasteiger partial charge is 0.481 e. The SMILES string of the molecule is COC(=O)c1cc(S(=O)(=O)N2CCC[C@@H](C(=O)O)C2)oc1C. The molecule has 1 saturated heterocycles. The number of hydrogen-bond acceptors (Lipinski definition) is 6. The van der Waals surface area contributed by atoms with Crippen LogP contribution in [0.2, 0.25) is 0 Å². The predicted molar refractivity (Wildman–Crippen MR) is 73.9 cm³/mol. The van der Waals surface area contributed by atoms with Crippen molar-refractivity contribution < 1.29 is 32.3 Å². The average Bonchev–Trinajstić information content (AvgIpc) is 2.89. The maximum absolute atomic E-state index is 12.5. The fourth-order valence-corrected chi connectivity index (χ4v) is 3.88. The molecule has 22 heavy (non-hydrogen) atoms. The van der Waals surface area contributed by atoms with Crippen molar-refractivity contribution in [1.29, 1.82) is 0 Å². The van der Waals surface area contributed by atoms with Crippen LogP contribution < -0.4 is 0 Å². The van der Waals surface area contributed by atoms with Crippen molar-refractivity contribution in [3.8, 4) is 0 Å². The molecule has 1 atom stereocenters. The molecule has 0 aromatic carbocycles. The molecule has 1 aliphatic rings. The molecule has 0 unspecified atom stereocenters. The van der Waals surface area contributed by atoms with E-state index in [1.165, 1.54) is 14.0 Å². The van der Waals surface area contributed by atoms with Gasteiger partial charge in [-0.2, -0.15) is 4.31 Å². The van der Waals surface area contributed by atoms with Gasteiger partial charge < -0.3 is 14.3 Å². The van der Waals surface area contributed by atoms with Crippen molar-refractivity contribution in [3.05, 3.63) is 17.4 Å². The molecule has 1 N–H and O–H groups in total. The lowest BCUT2D eigenvalue weighted by atomic mass is 10.0. The third kappa shape index (κ3) is 3.00. The van der Waals surface area contributed by atoms with Crippen LogP contribution in [0.3, 0.4) is 0 Å². The lowest BCUT2D eigenvalue weighted by Gasteiger charge is -2.28. The van der Waals surface area contributed by atoms with Gasteiger partial charge in [0.1, 0.15) is 11.3 Å². The zero-order chi connectivity index (χ0) is 16.5. The van der Waals surface area contributed by atoms with E-state index in [4.69, 9.17) is 9.52 Å². The van der Waals surface area contributed by atoms with Crippen LogP contribution in [0.1, 0.15) is 29.0 Å². The molecule has 0 spiro atoms. The second kappa shape index (κ2) is 6.09. The normalized spacial score (nSPS) is 19.8. The highest BCUT2D eigenvalue weighted by atomic mass is 32.2. The molecular weight excluding hydrogens is 314 g/mol. The Bertz CT molecular complexity index is 691. The van der Waals surface area contributed by atoms with E-state index in [0.717, 1.165) is 10.4 Å². The topological polar surface area (TPSA) is 114 Å². The summed E-state index contributed by atoms with van der Waals surface area (Å²) in [5, 5.41) is 8.66. The van der Waals surface area contributed by atoms with E-state index in [9.17, 15) is 18.0 Å². The van der Waals surface area contributed by atoms with E-state index < -0.39 is 27.9 Å². The Balaban J connectivity index is 2.30. The molecule has 1 fully saturated rings. The fraction of sp³-hybridized carbons (Fsp3) is 0.538. The molecule has 0 bridgehead atoms. The van der Waals surface area contributed by atoms with Crippen molar-refractivity contribution in [1.82, 2.24) is 4.31 Å². The maximum Gasteiger partial charge on any atom is 0.341 e. The summed E-state index contributed by atoms with van der Waals surface area (Å²) in [6.45, 7) is 1.58. The number of furan rings is 1. The smallest absolute Gasteiger partial charge is 0.341 e. The summed E-state index contributed by atoms with van der Waals surface area (Å²) in [5.74, 6) is -2.31. The summed E-state index contributed by atoms with van der Waals surface area (Å²) in [7, 11) is -2.79. The Morgan fingerprint density at radius 1 is 1.45 bits per heavy atom. The number of piperidine rings is 1. The van der Waals surface area contributed by atoms with Crippen LogP contribution in [0, 0.1) is 12.8 Å². The lowest BCUT2D eigenvalue weighted by molar-refractivity contribution is -0.142. The van der Waals surface area contributed by atoms with Crippen molar-refractivity contribution in [2.45, 2.75) is 24.9 Å². The molecule has 8 nitrogen and oxygen atoms in total. The van der Waals surface area contributed by atoms with Crippen LogP contribution in [-0.2, 0) is 19.6 Å². The molecule has 0 saturated carbocycles. The van der Waals surface area contributed by atoms with Crippen molar-refractivity contribution in [2.24, 2.45) is 5.92 Å². The highest BCUT2D eigenvalue weighted by Crippen LogP contribution is 2.27. The van der Waals surface area contributed by atoms with E-state index >= 15 is 0 Å². The average molecular weight is 331 g/mol. The number of rotatable bonds is 4. The van der Waals surface area contributed by atoms with Crippen LogP contribution in [0.25, 0.3) is 0 Å². The van der Waals surface area contributed by atoms with Gasteiger partial charge in [-0.25, -0.2) is 13.2 Å². The number of aliphatic carboxylic acids is 1. The predicted octanol–water partition coefficient (Wildman–Crippen LogP) is 0.860. The van der Waals surface area contributed by atoms with Gasteiger partial charge in [-0.05, 0) is 19.8 Å². The summed E-state index contributed by atoms with van der Waals surface area (Å²) in [6, 6.07) is 1.11. The molecule has 0 amide bonds. The standard InChI is InChI=1S/C13H17NO7S/c1-8-10(13(17)20-2)6-11(21-8)22(18,19)14-5-3-4-9(7-14)12(15)16/h6,9H,3-5,7H2,1-2H3,(H,15,16)/t9-/m1/s1.